The van der Waals surface area contributed by atoms with Crippen molar-refractivity contribution in [1.82, 2.24) is 4.72 Å². The predicted molar refractivity (Wildman–Crippen MR) is 69.7 cm³/mol. The van der Waals surface area contributed by atoms with Gasteiger partial charge in [0.2, 0.25) is 10.0 Å². The topological polar surface area (TPSA) is 66.4 Å². The van der Waals surface area contributed by atoms with Crippen LogP contribution in [0.25, 0.3) is 0 Å². The van der Waals surface area contributed by atoms with Gasteiger partial charge >= 0.3 is 0 Å². The number of rotatable bonds is 5. The molecule has 0 aliphatic heterocycles. The second kappa shape index (κ2) is 5.06. The van der Waals surface area contributed by atoms with Crippen LogP contribution in [0.3, 0.4) is 0 Å². The molecule has 0 atom stereocenters. The van der Waals surface area contributed by atoms with Crippen molar-refractivity contribution >= 4 is 21.4 Å². The first-order valence-electron chi connectivity index (χ1n) is 5.46. The van der Waals surface area contributed by atoms with Gasteiger partial charge in [0.05, 0.1) is 11.5 Å². The van der Waals surface area contributed by atoms with Crippen molar-refractivity contribution in [3.63, 3.8) is 0 Å². The Morgan fingerprint density at radius 3 is 2.47 bits per heavy atom. The fourth-order valence-corrected chi connectivity index (χ4v) is 4.34. The van der Waals surface area contributed by atoms with Gasteiger partial charge in [-0.1, -0.05) is 6.92 Å². The summed E-state index contributed by atoms with van der Waals surface area (Å²) in [6.07, 6.45) is 0.711. The summed E-state index contributed by atoms with van der Waals surface area (Å²) < 4.78 is 27.0. The fourth-order valence-electron chi connectivity index (χ4n) is 1.36. The number of aliphatic hydroxyl groups excluding tert-OH is 1. The van der Waals surface area contributed by atoms with E-state index in [2.05, 4.69) is 4.72 Å². The van der Waals surface area contributed by atoms with E-state index in [4.69, 9.17) is 5.11 Å². The van der Waals surface area contributed by atoms with E-state index >= 15 is 0 Å². The summed E-state index contributed by atoms with van der Waals surface area (Å²) in [6, 6.07) is 1.54. The lowest BCUT2D eigenvalue weighted by atomic mass is 10.0. The minimum absolute atomic E-state index is 0.127. The van der Waals surface area contributed by atoms with E-state index < -0.39 is 15.6 Å². The van der Waals surface area contributed by atoms with Crippen LogP contribution in [-0.4, -0.2) is 19.1 Å². The Morgan fingerprint density at radius 1 is 1.47 bits per heavy atom. The molecule has 17 heavy (non-hydrogen) atoms. The Balaban J connectivity index is 3.09. The summed E-state index contributed by atoms with van der Waals surface area (Å²) in [5.41, 5.74) is -0.466. The molecule has 2 N–H and O–H groups in total. The molecule has 0 aromatic carbocycles. The monoisotopic (exact) mass is 277 g/mol. The van der Waals surface area contributed by atoms with Crippen LogP contribution >= 0.6 is 11.3 Å². The van der Waals surface area contributed by atoms with E-state index in [-0.39, 0.29) is 11.5 Å². The standard InChI is InChI=1S/C11H19NO3S2/c1-5-11(3,4)12-17(14,15)10-6-9(7-13)16-8(10)2/h6,12-13H,5,7H2,1-4H3. The summed E-state index contributed by atoms with van der Waals surface area (Å²) in [5, 5.41) is 9.02. The van der Waals surface area contributed by atoms with Crippen molar-refractivity contribution in [2.75, 3.05) is 0 Å². The van der Waals surface area contributed by atoms with Crippen LogP contribution in [-0.2, 0) is 16.6 Å². The quantitative estimate of drug-likeness (QED) is 0.865. The smallest absolute Gasteiger partial charge is 0.242 e. The molecule has 1 aromatic rings. The van der Waals surface area contributed by atoms with Gasteiger partial charge in [-0.15, -0.1) is 11.3 Å². The molecular weight excluding hydrogens is 258 g/mol. The molecule has 0 fully saturated rings. The first kappa shape index (κ1) is 14.6. The summed E-state index contributed by atoms with van der Waals surface area (Å²) in [6.45, 7) is 7.25. The molecule has 6 heteroatoms. The molecule has 4 nitrogen and oxygen atoms in total. The molecule has 1 aromatic heterocycles. The maximum Gasteiger partial charge on any atom is 0.242 e. The zero-order valence-corrected chi connectivity index (χ0v) is 12.2. The molecule has 0 unspecified atom stereocenters. The van der Waals surface area contributed by atoms with Crippen LogP contribution in [0, 0.1) is 6.92 Å². The molecular formula is C11H19NO3S2. The molecule has 1 heterocycles. The fraction of sp³-hybridized carbons (Fsp3) is 0.636. The lowest BCUT2D eigenvalue weighted by Crippen LogP contribution is -2.42. The van der Waals surface area contributed by atoms with Gasteiger partial charge in [0.25, 0.3) is 0 Å². The Kier molecular flexibility index (Phi) is 4.35. The molecule has 0 saturated heterocycles. The third kappa shape index (κ3) is 3.51. The van der Waals surface area contributed by atoms with Crippen LogP contribution in [0.5, 0.6) is 0 Å². The van der Waals surface area contributed by atoms with E-state index in [1.165, 1.54) is 17.4 Å². The largest absolute Gasteiger partial charge is 0.391 e. The summed E-state index contributed by atoms with van der Waals surface area (Å²) in [7, 11) is -3.50. The normalized spacial score (nSPS) is 13.0. The molecule has 0 saturated carbocycles. The van der Waals surface area contributed by atoms with Gasteiger partial charge in [-0.3, -0.25) is 0 Å². The number of nitrogens with one attached hydrogen (secondary N) is 1. The molecule has 0 aliphatic carbocycles. The van der Waals surface area contributed by atoms with Crippen molar-refractivity contribution in [3.8, 4) is 0 Å². The molecule has 0 amide bonds. The van der Waals surface area contributed by atoms with Gasteiger partial charge < -0.3 is 5.11 Å². The number of sulfonamides is 1. The van der Waals surface area contributed by atoms with Crippen LogP contribution < -0.4 is 4.72 Å². The molecule has 98 valence electrons. The number of thiophene rings is 1. The van der Waals surface area contributed by atoms with E-state index in [0.29, 0.717) is 16.2 Å². The lowest BCUT2D eigenvalue weighted by Gasteiger charge is -2.24. The Bertz CT molecular complexity index is 489. The second-order valence-electron chi connectivity index (χ2n) is 4.63. The number of hydrogen-bond donors (Lipinski definition) is 2. The Labute approximate surface area is 107 Å². The van der Waals surface area contributed by atoms with Crippen molar-refractivity contribution in [2.45, 2.75) is 51.2 Å². The van der Waals surface area contributed by atoms with Gasteiger partial charge in [0, 0.05) is 15.3 Å². The van der Waals surface area contributed by atoms with Crippen LogP contribution in [0.15, 0.2) is 11.0 Å². The maximum absolute atomic E-state index is 12.2. The van der Waals surface area contributed by atoms with Crippen LogP contribution in [0.2, 0.25) is 0 Å². The minimum Gasteiger partial charge on any atom is -0.391 e. The Morgan fingerprint density at radius 2 is 2.06 bits per heavy atom. The highest BCUT2D eigenvalue weighted by molar-refractivity contribution is 7.89. The molecule has 1 rings (SSSR count). The van der Waals surface area contributed by atoms with Gasteiger partial charge in [-0.05, 0) is 33.3 Å². The first-order chi connectivity index (χ1) is 7.72. The van der Waals surface area contributed by atoms with E-state index in [1.807, 2.05) is 20.8 Å². The molecule has 0 aliphatic rings. The van der Waals surface area contributed by atoms with Crippen molar-refractivity contribution in [1.29, 1.82) is 0 Å². The SMILES string of the molecule is CCC(C)(C)NS(=O)(=O)c1cc(CO)sc1C. The third-order valence-electron chi connectivity index (χ3n) is 2.66. The summed E-state index contributed by atoms with van der Waals surface area (Å²) in [4.78, 5) is 1.64. The highest BCUT2D eigenvalue weighted by atomic mass is 32.2. The number of hydrogen-bond acceptors (Lipinski definition) is 4. The summed E-state index contributed by atoms with van der Waals surface area (Å²) >= 11 is 1.31. The van der Waals surface area contributed by atoms with Crippen molar-refractivity contribution in [2.24, 2.45) is 0 Å². The van der Waals surface area contributed by atoms with Crippen molar-refractivity contribution < 1.29 is 13.5 Å². The average molecular weight is 277 g/mol. The van der Waals surface area contributed by atoms with E-state index in [1.54, 1.807) is 6.92 Å². The summed E-state index contributed by atoms with van der Waals surface area (Å²) in [5.74, 6) is 0. The van der Waals surface area contributed by atoms with E-state index in [9.17, 15) is 8.42 Å². The number of aliphatic hydroxyl groups is 1. The highest BCUT2D eigenvalue weighted by Crippen LogP contribution is 2.26. The first-order valence-corrected chi connectivity index (χ1v) is 7.76. The molecule has 0 spiro atoms. The van der Waals surface area contributed by atoms with Gasteiger partial charge in [0.15, 0.2) is 0 Å². The highest BCUT2D eigenvalue weighted by Gasteiger charge is 2.26. The average Bonchev–Trinajstić information content (AvgIpc) is 2.59. The molecule has 0 radical (unpaired) electrons. The van der Waals surface area contributed by atoms with E-state index in [0.717, 1.165) is 0 Å². The van der Waals surface area contributed by atoms with Crippen LogP contribution in [0.4, 0.5) is 0 Å². The molecule has 0 bridgehead atoms. The Hall–Kier alpha value is -0.430. The van der Waals surface area contributed by atoms with Gasteiger partial charge in [0.1, 0.15) is 0 Å². The second-order valence-corrected chi connectivity index (χ2v) is 7.63. The number of aryl methyl sites for hydroxylation is 1. The van der Waals surface area contributed by atoms with Crippen LogP contribution in [0.1, 0.15) is 36.9 Å². The zero-order chi connectivity index (χ0) is 13.3. The minimum atomic E-state index is -3.50. The maximum atomic E-state index is 12.2. The third-order valence-corrected chi connectivity index (χ3v) is 5.65. The van der Waals surface area contributed by atoms with Crippen molar-refractivity contribution in [3.05, 3.63) is 15.8 Å². The lowest BCUT2D eigenvalue weighted by molar-refractivity contribution is 0.285. The van der Waals surface area contributed by atoms with Gasteiger partial charge in [-0.25, -0.2) is 13.1 Å². The predicted octanol–water partition coefficient (Wildman–Crippen LogP) is 2.02. The van der Waals surface area contributed by atoms with Gasteiger partial charge in [-0.2, -0.15) is 0 Å². The zero-order valence-electron chi connectivity index (χ0n) is 10.6.